The topological polar surface area (TPSA) is 0 Å². The van der Waals surface area contributed by atoms with E-state index in [-0.39, 0.29) is 0 Å². The van der Waals surface area contributed by atoms with Crippen LogP contribution in [-0.4, -0.2) is 0 Å². The van der Waals surface area contributed by atoms with Crippen LogP contribution in [0.15, 0.2) is 182 Å². The minimum absolute atomic E-state index is 1.19. The number of hydrogen-bond donors (Lipinski definition) is 0. The molecule has 0 amide bonds. The van der Waals surface area contributed by atoms with Gasteiger partial charge in [0.05, 0.1) is 0 Å². The summed E-state index contributed by atoms with van der Waals surface area (Å²) in [6.45, 7) is 0. The molecule has 10 rings (SSSR count). The fraction of sp³-hybridized carbons (Fsp3) is 0.407. The number of hydrogen-bond acceptors (Lipinski definition) is 0. The number of benzene rings is 10. The average molecular weight is 1070 g/mol. The number of rotatable bonds is 36. The van der Waals surface area contributed by atoms with E-state index in [4.69, 9.17) is 0 Å². The van der Waals surface area contributed by atoms with Gasteiger partial charge in [0.25, 0.3) is 0 Å². The Labute approximate surface area is 489 Å². The fourth-order valence-electron chi connectivity index (χ4n) is 14.0. The summed E-state index contributed by atoms with van der Waals surface area (Å²) < 4.78 is 0. The van der Waals surface area contributed by atoms with Crippen LogP contribution in [0.4, 0.5) is 0 Å². The molecule has 81 heavy (non-hydrogen) atoms. The molecule has 420 valence electrons. The number of unbranched alkanes of at least 4 members (excludes halogenated alkanes) is 24. The van der Waals surface area contributed by atoms with Crippen LogP contribution >= 0.6 is 0 Å². The predicted molar refractivity (Wildman–Crippen MR) is 358 cm³/mol. The summed E-state index contributed by atoms with van der Waals surface area (Å²) in [6, 6.07) is 68.9. The average Bonchev–Trinajstić information content (AvgIpc) is 3.65. The first-order chi connectivity index (χ1) is 40.2. The van der Waals surface area contributed by atoms with E-state index in [2.05, 4.69) is 182 Å². The quantitative estimate of drug-likeness (QED) is 0.0271. The Balaban J connectivity index is 0.610. The summed E-state index contributed by atoms with van der Waals surface area (Å²) in [5.41, 5.74) is 9.50. The van der Waals surface area contributed by atoms with E-state index >= 15 is 0 Å². The highest BCUT2D eigenvalue weighted by Crippen LogP contribution is 2.33. The van der Waals surface area contributed by atoms with Gasteiger partial charge in [0.1, 0.15) is 0 Å². The molecule has 0 saturated carbocycles. The van der Waals surface area contributed by atoms with Crippen molar-refractivity contribution in [3.8, 4) is 0 Å². The molecule has 0 saturated heterocycles. The zero-order valence-corrected chi connectivity index (χ0v) is 49.7. The lowest BCUT2D eigenvalue weighted by molar-refractivity contribution is 0.557. The SMILES string of the molecule is c1ccc2c(CCCCCCCCCCCc3cc(CCCCCCCCCCCc4c5ccccc5cc5ccccc45)cc(CCCCCCCCCCCc4c5ccccc5cc5ccccc45)c3)c3ccccc3cc2c1. The van der Waals surface area contributed by atoms with Gasteiger partial charge in [-0.05, 0) is 193 Å². The molecule has 10 aromatic rings. The first-order valence-electron chi connectivity index (χ1n) is 33.0. The maximum atomic E-state index is 2.61. The minimum Gasteiger partial charge on any atom is -0.0616 e. The lowest BCUT2D eigenvalue weighted by Crippen LogP contribution is -1.96. The van der Waals surface area contributed by atoms with Gasteiger partial charge < -0.3 is 0 Å². The molecule has 0 heteroatoms. The van der Waals surface area contributed by atoms with Crippen LogP contribution in [-0.2, 0) is 38.5 Å². The summed E-state index contributed by atoms with van der Waals surface area (Å²) in [5, 5.41) is 17.0. The van der Waals surface area contributed by atoms with Crippen LogP contribution in [0.2, 0.25) is 0 Å². The molecule has 0 heterocycles. The van der Waals surface area contributed by atoms with Crippen molar-refractivity contribution < 1.29 is 0 Å². The molecule has 0 N–H and O–H groups in total. The number of fused-ring (bicyclic) bond motifs is 6. The summed E-state index contributed by atoms with van der Waals surface area (Å²) in [6.07, 6.45) is 44.1. The van der Waals surface area contributed by atoms with E-state index in [0.29, 0.717) is 0 Å². The van der Waals surface area contributed by atoms with E-state index < -0.39 is 0 Å². The van der Waals surface area contributed by atoms with Crippen molar-refractivity contribution >= 4 is 64.6 Å². The summed E-state index contributed by atoms with van der Waals surface area (Å²) >= 11 is 0. The highest BCUT2D eigenvalue weighted by atomic mass is 14.2. The van der Waals surface area contributed by atoms with Crippen LogP contribution in [0.3, 0.4) is 0 Å². The van der Waals surface area contributed by atoms with Crippen molar-refractivity contribution in [1.29, 1.82) is 0 Å². The van der Waals surface area contributed by atoms with Crippen LogP contribution in [0.1, 0.15) is 207 Å². The van der Waals surface area contributed by atoms with Crippen LogP contribution in [0, 0.1) is 0 Å². The Hall–Kier alpha value is -6.24. The van der Waals surface area contributed by atoms with Gasteiger partial charge in [-0.3, -0.25) is 0 Å². The van der Waals surface area contributed by atoms with E-state index in [1.54, 1.807) is 33.4 Å². The zero-order valence-electron chi connectivity index (χ0n) is 49.7. The molecule has 0 aromatic heterocycles. The molecule has 0 fully saturated rings. The maximum absolute atomic E-state index is 2.61. The third kappa shape index (κ3) is 16.9. The van der Waals surface area contributed by atoms with Crippen molar-refractivity contribution in [2.24, 2.45) is 0 Å². The molecule has 0 nitrogen and oxygen atoms in total. The second-order valence-corrected chi connectivity index (χ2v) is 24.6. The molecule has 0 spiro atoms. The normalized spacial score (nSPS) is 11.9. The molecule has 0 aliphatic heterocycles. The van der Waals surface area contributed by atoms with Crippen LogP contribution in [0.5, 0.6) is 0 Å². The Morgan fingerprint density at radius 2 is 0.309 bits per heavy atom. The van der Waals surface area contributed by atoms with E-state index in [9.17, 15) is 0 Å². The van der Waals surface area contributed by atoms with Crippen molar-refractivity contribution in [3.05, 3.63) is 215 Å². The van der Waals surface area contributed by atoms with Crippen molar-refractivity contribution in [2.75, 3.05) is 0 Å². The predicted octanol–water partition coefficient (Wildman–Crippen LogP) is 24.5. The molecular weight excluding hydrogens is 973 g/mol. The summed E-state index contributed by atoms with van der Waals surface area (Å²) in [5.74, 6) is 0. The van der Waals surface area contributed by atoms with Crippen molar-refractivity contribution in [2.45, 2.75) is 212 Å². The Morgan fingerprint density at radius 3 is 0.506 bits per heavy atom. The van der Waals surface area contributed by atoms with E-state index in [1.807, 2.05) is 0 Å². The van der Waals surface area contributed by atoms with Crippen LogP contribution in [0.25, 0.3) is 64.6 Å². The van der Waals surface area contributed by atoms with Gasteiger partial charge in [0, 0.05) is 0 Å². The Morgan fingerprint density at radius 1 is 0.148 bits per heavy atom. The largest absolute Gasteiger partial charge is 0.0616 e. The standard InChI is InChI=1S/C81H96/c1(7-13-19-25-55-79-73-49-34-28-43-67(73)61-68-44-29-35-50-74(68)79)4-10-16-22-40-64-58-65(41-23-17-11-5-2-8-14-20-26-56-80-75-51-36-30-45-69(75)62-70-46-31-37-52-76(70)80)60-66(59-64)42-24-18-12-6-3-9-15-21-27-57-81-77-53-38-32-47-71(77)63-72-48-33-39-54-78(72)81/h28-39,43-54,58-63H,1-27,40-42,55-57H2. The second-order valence-electron chi connectivity index (χ2n) is 24.6. The smallest absolute Gasteiger partial charge is 0.0146 e. The highest BCUT2D eigenvalue weighted by molar-refractivity contribution is 6.04. The summed E-state index contributed by atoms with van der Waals surface area (Å²) in [7, 11) is 0. The molecule has 0 unspecified atom stereocenters. The summed E-state index contributed by atoms with van der Waals surface area (Å²) in [4.78, 5) is 0. The molecular formula is C81H96. The van der Waals surface area contributed by atoms with E-state index in [0.717, 1.165) is 0 Å². The van der Waals surface area contributed by atoms with Gasteiger partial charge in [-0.2, -0.15) is 0 Å². The van der Waals surface area contributed by atoms with Gasteiger partial charge in [-0.15, -0.1) is 0 Å². The second kappa shape index (κ2) is 31.8. The first kappa shape index (κ1) is 58.0. The molecule has 0 atom stereocenters. The third-order valence-corrected chi connectivity index (χ3v) is 18.4. The molecule has 0 radical (unpaired) electrons. The van der Waals surface area contributed by atoms with Crippen molar-refractivity contribution in [1.82, 2.24) is 0 Å². The molecule has 10 aromatic carbocycles. The van der Waals surface area contributed by atoms with Gasteiger partial charge in [-0.25, -0.2) is 0 Å². The monoisotopic (exact) mass is 1070 g/mol. The van der Waals surface area contributed by atoms with Gasteiger partial charge in [-0.1, -0.05) is 299 Å². The van der Waals surface area contributed by atoms with E-state index in [1.165, 1.54) is 277 Å². The van der Waals surface area contributed by atoms with Gasteiger partial charge >= 0.3 is 0 Å². The molecule has 0 aliphatic rings. The highest BCUT2D eigenvalue weighted by Gasteiger charge is 2.11. The molecule has 0 aliphatic carbocycles. The minimum atomic E-state index is 1.19. The first-order valence-corrected chi connectivity index (χ1v) is 33.0. The zero-order chi connectivity index (χ0) is 54.9. The Kier molecular flexibility index (Phi) is 22.8. The lowest BCUT2D eigenvalue weighted by Gasteiger charge is -2.12. The fourth-order valence-corrected chi connectivity index (χ4v) is 14.0. The van der Waals surface area contributed by atoms with Gasteiger partial charge in [0.15, 0.2) is 0 Å². The Bertz CT molecular complexity index is 2960. The number of aryl methyl sites for hydroxylation is 6. The lowest BCUT2D eigenvalue weighted by atomic mass is 9.93. The molecule has 0 bridgehead atoms. The van der Waals surface area contributed by atoms with Gasteiger partial charge in [0.2, 0.25) is 0 Å². The van der Waals surface area contributed by atoms with Crippen molar-refractivity contribution in [3.63, 3.8) is 0 Å². The van der Waals surface area contributed by atoms with Crippen LogP contribution < -0.4 is 0 Å². The maximum Gasteiger partial charge on any atom is -0.0146 e. The third-order valence-electron chi connectivity index (χ3n) is 18.4.